The molecule has 2 heterocycles. The Morgan fingerprint density at radius 2 is 1.88 bits per heavy atom. The molecule has 0 saturated carbocycles. The van der Waals surface area contributed by atoms with Crippen molar-refractivity contribution in [3.05, 3.63) is 29.8 Å². The number of Topliss-reactive ketones (excluding diaryl/α,β-unsaturated/α-hetero) is 1. The van der Waals surface area contributed by atoms with Gasteiger partial charge in [-0.2, -0.15) is 4.31 Å². The molecule has 2 aliphatic rings. The summed E-state index contributed by atoms with van der Waals surface area (Å²) in [6.45, 7) is 3.97. The molecule has 1 aromatic carbocycles. The number of rotatable bonds is 4. The highest BCUT2D eigenvalue weighted by Gasteiger charge is 2.34. The Balaban J connectivity index is 1.69. The quantitative estimate of drug-likeness (QED) is 0.822. The molecule has 7 heteroatoms. The lowest BCUT2D eigenvalue weighted by molar-refractivity contribution is 0.101. The predicted molar refractivity (Wildman–Crippen MR) is 90.4 cm³/mol. The highest BCUT2D eigenvalue weighted by Crippen LogP contribution is 2.25. The van der Waals surface area contributed by atoms with Crippen molar-refractivity contribution < 1.29 is 18.3 Å². The van der Waals surface area contributed by atoms with Crippen molar-refractivity contribution in [3.63, 3.8) is 0 Å². The molecule has 2 saturated heterocycles. The minimum atomic E-state index is -3.56. The molecule has 0 amide bonds. The number of aliphatic hydroxyl groups is 1. The number of benzene rings is 1. The van der Waals surface area contributed by atoms with E-state index in [1.807, 2.05) is 0 Å². The van der Waals surface area contributed by atoms with Crippen molar-refractivity contribution in [2.24, 2.45) is 0 Å². The van der Waals surface area contributed by atoms with E-state index in [0.29, 0.717) is 31.2 Å². The molecule has 3 rings (SSSR count). The normalized spacial score (nSPS) is 24.3. The molecule has 2 aliphatic heterocycles. The summed E-state index contributed by atoms with van der Waals surface area (Å²) in [7, 11) is -3.56. The van der Waals surface area contributed by atoms with Crippen LogP contribution in [0.5, 0.6) is 0 Å². The first kappa shape index (κ1) is 17.5. The van der Waals surface area contributed by atoms with Gasteiger partial charge in [-0.1, -0.05) is 12.1 Å². The molecule has 0 aliphatic carbocycles. The molecule has 1 aromatic rings. The first-order valence-electron chi connectivity index (χ1n) is 8.41. The first-order chi connectivity index (χ1) is 11.4. The number of sulfonamides is 1. The van der Waals surface area contributed by atoms with Crippen molar-refractivity contribution in [1.29, 1.82) is 0 Å². The van der Waals surface area contributed by atoms with Gasteiger partial charge in [-0.05, 0) is 38.3 Å². The van der Waals surface area contributed by atoms with Gasteiger partial charge in [0.25, 0.3) is 0 Å². The zero-order valence-electron chi connectivity index (χ0n) is 13.9. The number of carbonyl (C=O) groups is 1. The zero-order chi connectivity index (χ0) is 17.3. The van der Waals surface area contributed by atoms with Gasteiger partial charge >= 0.3 is 0 Å². The number of nitrogens with zero attached hydrogens (tertiary/aromatic N) is 2. The van der Waals surface area contributed by atoms with Crippen LogP contribution in [0, 0.1) is 0 Å². The van der Waals surface area contributed by atoms with E-state index in [4.69, 9.17) is 0 Å². The third kappa shape index (κ3) is 3.54. The third-order valence-electron chi connectivity index (χ3n) is 5.01. The number of likely N-dealkylation sites (tertiary alicyclic amines) is 1. The third-order valence-corrected chi connectivity index (χ3v) is 6.91. The van der Waals surface area contributed by atoms with E-state index in [1.54, 1.807) is 18.2 Å². The Morgan fingerprint density at radius 3 is 2.46 bits per heavy atom. The van der Waals surface area contributed by atoms with Gasteiger partial charge in [0.1, 0.15) is 0 Å². The summed E-state index contributed by atoms with van der Waals surface area (Å²) >= 11 is 0. The molecule has 0 aromatic heterocycles. The van der Waals surface area contributed by atoms with E-state index in [9.17, 15) is 18.3 Å². The van der Waals surface area contributed by atoms with E-state index < -0.39 is 10.0 Å². The lowest BCUT2D eigenvalue weighted by Gasteiger charge is -2.36. The lowest BCUT2D eigenvalue weighted by Crippen LogP contribution is -2.46. The maximum absolute atomic E-state index is 12.8. The van der Waals surface area contributed by atoms with E-state index in [1.165, 1.54) is 17.3 Å². The van der Waals surface area contributed by atoms with Gasteiger partial charge in [-0.25, -0.2) is 8.42 Å². The fourth-order valence-electron chi connectivity index (χ4n) is 3.57. The maximum atomic E-state index is 12.8. The van der Waals surface area contributed by atoms with Gasteiger partial charge in [-0.3, -0.25) is 9.69 Å². The Labute approximate surface area is 143 Å². The van der Waals surface area contributed by atoms with Gasteiger partial charge in [0, 0.05) is 37.8 Å². The zero-order valence-corrected chi connectivity index (χ0v) is 14.7. The largest absolute Gasteiger partial charge is 0.392 e. The molecule has 1 atom stereocenters. The molecule has 0 bridgehead atoms. The van der Waals surface area contributed by atoms with Gasteiger partial charge in [0.2, 0.25) is 10.0 Å². The number of aliphatic hydroxyl groups excluding tert-OH is 1. The van der Waals surface area contributed by atoms with Gasteiger partial charge < -0.3 is 5.11 Å². The number of ketones is 1. The van der Waals surface area contributed by atoms with Crippen molar-refractivity contribution in [2.45, 2.75) is 43.2 Å². The fourth-order valence-corrected chi connectivity index (χ4v) is 5.09. The molecule has 0 radical (unpaired) electrons. The second kappa shape index (κ2) is 6.92. The van der Waals surface area contributed by atoms with Crippen LogP contribution in [0.25, 0.3) is 0 Å². The SMILES string of the molecule is CC(=O)c1cccc(S(=O)(=O)N2CCC(N3CC[C@@H](O)C3)CC2)c1. The van der Waals surface area contributed by atoms with Crippen LogP contribution in [0.3, 0.4) is 0 Å². The van der Waals surface area contributed by atoms with Crippen LogP contribution < -0.4 is 0 Å². The van der Waals surface area contributed by atoms with E-state index in [0.717, 1.165) is 25.8 Å². The molecule has 1 N–H and O–H groups in total. The van der Waals surface area contributed by atoms with Crippen LogP contribution in [0.1, 0.15) is 36.5 Å². The Bertz CT molecular complexity index is 711. The molecule has 6 nitrogen and oxygen atoms in total. The molecule has 2 fully saturated rings. The van der Waals surface area contributed by atoms with Crippen LogP contribution in [0.4, 0.5) is 0 Å². The van der Waals surface area contributed by atoms with Crippen LogP contribution >= 0.6 is 0 Å². The average Bonchev–Trinajstić information content (AvgIpc) is 3.01. The first-order valence-corrected chi connectivity index (χ1v) is 9.85. The van der Waals surface area contributed by atoms with Crippen molar-refractivity contribution >= 4 is 15.8 Å². The average molecular weight is 352 g/mol. The number of hydrogen-bond acceptors (Lipinski definition) is 5. The standard InChI is InChI=1S/C17H24N2O4S/c1-13(20)14-3-2-4-17(11-14)24(22,23)19-9-5-15(6-10-19)18-8-7-16(21)12-18/h2-4,11,15-16,21H,5-10,12H2,1H3/t16-/m1/s1. The summed E-state index contributed by atoms with van der Waals surface area (Å²) in [6.07, 6.45) is 2.11. The fraction of sp³-hybridized carbons (Fsp3) is 0.588. The second-order valence-corrected chi connectivity index (χ2v) is 8.59. The van der Waals surface area contributed by atoms with Crippen molar-refractivity contribution in [2.75, 3.05) is 26.2 Å². The smallest absolute Gasteiger partial charge is 0.243 e. The number of β-amino-alcohol motifs (C(OH)–C–C–N with tert-alkyl or cyclic N) is 1. The summed E-state index contributed by atoms with van der Waals surface area (Å²) in [4.78, 5) is 13.9. The molecule has 0 unspecified atom stereocenters. The maximum Gasteiger partial charge on any atom is 0.243 e. The second-order valence-electron chi connectivity index (χ2n) is 6.66. The summed E-state index contributed by atoms with van der Waals surface area (Å²) in [5.41, 5.74) is 0.414. The lowest BCUT2D eigenvalue weighted by atomic mass is 10.1. The van der Waals surface area contributed by atoms with Gasteiger partial charge in [-0.15, -0.1) is 0 Å². The number of carbonyl (C=O) groups excluding carboxylic acids is 1. The summed E-state index contributed by atoms with van der Waals surface area (Å²) < 4.78 is 27.1. The summed E-state index contributed by atoms with van der Waals surface area (Å²) in [5.74, 6) is -0.140. The highest BCUT2D eigenvalue weighted by molar-refractivity contribution is 7.89. The van der Waals surface area contributed by atoms with Crippen LogP contribution in [-0.2, 0) is 10.0 Å². The number of hydrogen-bond donors (Lipinski definition) is 1. The topological polar surface area (TPSA) is 77.9 Å². The van der Waals surface area contributed by atoms with Crippen molar-refractivity contribution in [1.82, 2.24) is 9.21 Å². The molecule has 24 heavy (non-hydrogen) atoms. The predicted octanol–water partition coefficient (Wildman–Crippen LogP) is 1.11. The minimum Gasteiger partial charge on any atom is -0.392 e. The highest BCUT2D eigenvalue weighted by atomic mass is 32.2. The Kier molecular flexibility index (Phi) is 5.05. The van der Waals surface area contributed by atoms with Gasteiger partial charge in [0.15, 0.2) is 5.78 Å². The van der Waals surface area contributed by atoms with E-state index in [2.05, 4.69) is 4.90 Å². The van der Waals surface area contributed by atoms with Gasteiger partial charge in [0.05, 0.1) is 11.0 Å². The van der Waals surface area contributed by atoms with Crippen LogP contribution in [-0.4, -0.2) is 66.8 Å². The molecular weight excluding hydrogens is 328 g/mol. The minimum absolute atomic E-state index is 0.140. The summed E-state index contributed by atoms with van der Waals surface area (Å²) in [6, 6.07) is 6.59. The number of piperidine rings is 1. The monoisotopic (exact) mass is 352 g/mol. The molecule has 132 valence electrons. The van der Waals surface area contributed by atoms with E-state index >= 15 is 0 Å². The Morgan fingerprint density at radius 1 is 1.17 bits per heavy atom. The van der Waals surface area contributed by atoms with Crippen LogP contribution in [0.15, 0.2) is 29.2 Å². The van der Waals surface area contributed by atoms with Crippen molar-refractivity contribution in [3.8, 4) is 0 Å². The van der Waals surface area contributed by atoms with Crippen LogP contribution in [0.2, 0.25) is 0 Å². The molecular formula is C17H24N2O4S. The summed E-state index contributed by atoms with van der Waals surface area (Å²) in [5, 5.41) is 9.66. The molecule has 0 spiro atoms. The Hall–Kier alpha value is -1.28. The van der Waals surface area contributed by atoms with E-state index in [-0.39, 0.29) is 16.8 Å².